The molecule has 2 aromatic rings. The molecule has 0 saturated carbocycles. The summed E-state index contributed by atoms with van der Waals surface area (Å²) in [6, 6.07) is 8.09. The van der Waals surface area contributed by atoms with Gasteiger partial charge in [-0.05, 0) is 30.5 Å². The number of rotatable bonds is 3. The quantitative estimate of drug-likeness (QED) is 0.796. The van der Waals surface area contributed by atoms with Gasteiger partial charge in [0.2, 0.25) is 0 Å². The third-order valence-electron chi connectivity index (χ3n) is 2.02. The summed E-state index contributed by atoms with van der Waals surface area (Å²) in [5.74, 6) is 1.06. The fourth-order valence-electron chi connectivity index (χ4n) is 1.26. The van der Waals surface area contributed by atoms with Gasteiger partial charge in [0, 0.05) is 10.6 Å². The second-order valence-corrected chi connectivity index (χ2v) is 4.06. The number of nitrogens with one attached hydrogen (secondary N) is 1. The van der Waals surface area contributed by atoms with E-state index in [1.807, 2.05) is 30.5 Å². The lowest BCUT2D eigenvalue weighted by Crippen LogP contribution is -1.97. The summed E-state index contributed by atoms with van der Waals surface area (Å²) in [5, 5.41) is 3.13. The predicted octanol–water partition coefficient (Wildman–Crippen LogP) is 2.52. The molecule has 1 aromatic heterocycles. The van der Waals surface area contributed by atoms with Crippen LogP contribution in [-0.2, 0) is 0 Å². The highest BCUT2D eigenvalue weighted by Gasteiger charge is 1.97. The van der Waals surface area contributed by atoms with Crippen molar-refractivity contribution in [2.45, 2.75) is 4.90 Å². The Morgan fingerprint density at radius 3 is 2.56 bits per heavy atom. The number of nitrogens with zero attached hydrogens (tertiary/aromatic N) is 2. The van der Waals surface area contributed by atoms with Gasteiger partial charge in [-0.1, -0.05) is 0 Å². The van der Waals surface area contributed by atoms with Gasteiger partial charge in [0.25, 0.3) is 0 Å². The van der Waals surface area contributed by atoms with Crippen LogP contribution in [0.3, 0.4) is 0 Å². The van der Waals surface area contributed by atoms with Gasteiger partial charge in [0.15, 0.2) is 5.82 Å². The molecule has 16 heavy (non-hydrogen) atoms. The molecule has 0 unspecified atom stereocenters. The van der Waals surface area contributed by atoms with Gasteiger partial charge in [-0.25, -0.2) is 4.98 Å². The zero-order valence-corrected chi connectivity index (χ0v) is 9.66. The minimum Gasteiger partial charge on any atom is -0.382 e. The number of thioether (sulfide) groups is 1. The van der Waals surface area contributed by atoms with Crippen molar-refractivity contribution < 1.29 is 0 Å². The average molecular weight is 232 g/mol. The van der Waals surface area contributed by atoms with Crippen LogP contribution in [0.2, 0.25) is 0 Å². The zero-order valence-electron chi connectivity index (χ0n) is 8.84. The summed E-state index contributed by atoms with van der Waals surface area (Å²) in [4.78, 5) is 9.30. The fraction of sp³-hybridized carbons (Fsp3) is 0.0909. The van der Waals surface area contributed by atoms with E-state index in [0.29, 0.717) is 11.6 Å². The third kappa shape index (κ3) is 2.64. The van der Waals surface area contributed by atoms with Crippen LogP contribution in [0.5, 0.6) is 0 Å². The Hall–Kier alpha value is -1.75. The van der Waals surface area contributed by atoms with Crippen LogP contribution in [0.15, 0.2) is 41.6 Å². The summed E-state index contributed by atoms with van der Waals surface area (Å²) >= 11 is 1.71. The SMILES string of the molecule is CSc1ccc(Nc2cncc(N)n2)cc1. The Bertz CT molecular complexity index is 470. The molecular weight excluding hydrogens is 220 g/mol. The first-order valence-electron chi connectivity index (χ1n) is 4.76. The molecule has 0 saturated heterocycles. The molecule has 1 heterocycles. The van der Waals surface area contributed by atoms with Crippen molar-refractivity contribution >= 4 is 29.1 Å². The van der Waals surface area contributed by atoms with Crippen molar-refractivity contribution in [2.75, 3.05) is 17.3 Å². The Morgan fingerprint density at radius 1 is 1.19 bits per heavy atom. The second kappa shape index (κ2) is 4.85. The summed E-state index contributed by atoms with van der Waals surface area (Å²) in [6.45, 7) is 0. The van der Waals surface area contributed by atoms with E-state index in [1.165, 1.54) is 11.1 Å². The highest BCUT2D eigenvalue weighted by Crippen LogP contribution is 2.19. The van der Waals surface area contributed by atoms with Gasteiger partial charge in [-0.3, -0.25) is 4.98 Å². The molecule has 4 nitrogen and oxygen atoms in total. The second-order valence-electron chi connectivity index (χ2n) is 3.18. The van der Waals surface area contributed by atoms with E-state index in [-0.39, 0.29) is 0 Å². The van der Waals surface area contributed by atoms with E-state index < -0.39 is 0 Å². The number of anilines is 3. The number of nitrogen functional groups attached to an aromatic ring is 1. The van der Waals surface area contributed by atoms with Gasteiger partial charge in [0.1, 0.15) is 5.82 Å². The highest BCUT2D eigenvalue weighted by atomic mass is 32.2. The summed E-state index contributed by atoms with van der Waals surface area (Å²) in [7, 11) is 0. The van der Waals surface area contributed by atoms with E-state index >= 15 is 0 Å². The minimum absolute atomic E-state index is 0.408. The molecule has 0 aliphatic carbocycles. The number of hydrogen-bond donors (Lipinski definition) is 2. The van der Waals surface area contributed by atoms with E-state index in [1.54, 1.807) is 18.0 Å². The molecule has 0 aliphatic heterocycles. The zero-order chi connectivity index (χ0) is 11.4. The van der Waals surface area contributed by atoms with Crippen LogP contribution in [-0.4, -0.2) is 16.2 Å². The van der Waals surface area contributed by atoms with Crippen LogP contribution in [0.25, 0.3) is 0 Å². The van der Waals surface area contributed by atoms with Crippen molar-refractivity contribution in [3.8, 4) is 0 Å². The molecular formula is C11H12N4S. The Labute approximate surface area is 98.3 Å². The van der Waals surface area contributed by atoms with E-state index in [2.05, 4.69) is 15.3 Å². The molecule has 0 radical (unpaired) electrons. The standard InChI is InChI=1S/C11H12N4S/c1-16-9-4-2-8(3-5-9)14-11-7-13-6-10(12)15-11/h2-7H,1H3,(H3,12,14,15). The number of aromatic nitrogens is 2. The van der Waals surface area contributed by atoms with Crippen LogP contribution in [0, 0.1) is 0 Å². The Balaban J connectivity index is 2.14. The van der Waals surface area contributed by atoms with Crippen molar-refractivity contribution in [2.24, 2.45) is 0 Å². The molecule has 0 fully saturated rings. The normalized spacial score (nSPS) is 10.1. The van der Waals surface area contributed by atoms with E-state index in [4.69, 9.17) is 5.73 Å². The van der Waals surface area contributed by atoms with Gasteiger partial charge in [-0.15, -0.1) is 11.8 Å². The lowest BCUT2D eigenvalue weighted by molar-refractivity contribution is 1.21. The first-order chi connectivity index (χ1) is 7.78. The predicted molar refractivity (Wildman–Crippen MR) is 68.0 cm³/mol. The lowest BCUT2D eigenvalue weighted by Gasteiger charge is -2.05. The minimum atomic E-state index is 0.408. The summed E-state index contributed by atoms with van der Waals surface area (Å²) in [6.07, 6.45) is 5.20. The smallest absolute Gasteiger partial charge is 0.151 e. The first kappa shape index (κ1) is 10.8. The van der Waals surface area contributed by atoms with E-state index in [9.17, 15) is 0 Å². The number of nitrogens with two attached hydrogens (primary N) is 1. The molecule has 0 bridgehead atoms. The molecule has 0 spiro atoms. The molecule has 1 aromatic carbocycles. The van der Waals surface area contributed by atoms with Crippen LogP contribution < -0.4 is 11.1 Å². The Morgan fingerprint density at radius 2 is 1.94 bits per heavy atom. The van der Waals surface area contributed by atoms with Crippen molar-refractivity contribution in [3.05, 3.63) is 36.7 Å². The molecule has 0 aliphatic rings. The molecule has 0 atom stereocenters. The maximum Gasteiger partial charge on any atom is 0.151 e. The molecule has 0 amide bonds. The molecule has 2 rings (SSSR count). The first-order valence-corrected chi connectivity index (χ1v) is 5.99. The van der Waals surface area contributed by atoms with Gasteiger partial charge in [-0.2, -0.15) is 0 Å². The number of hydrogen-bond acceptors (Lipinski definition) is 5. The maximum atomic E-state index is 5.54. The molecule has 5 heteroatoms. The lowest BCUT2D eigenvalue weighted by atomic mass is 10.3. The topological polar surface area (TPSA) is 63.8 Å². The van der Waals surface area contributed by atoms with Crippen molar-refractivity contribution in [1.82, 2.24) is 9.97 Å². The third-order valence-corrected chi connectivity index (χ3v) is 2.76. The summed E-state index contributed by atoms with van der Waals surface area (Å²) < 4.78 is 0. The van der Waals surface area contributed by atoms with Gasteiger partial charge in [0.05, 0.1) is 12.4 Å². The highest BCUT2D eigenvalue weighted by molar-refractivity contribution is 7.98. The molecule has 3 N–H and O–H groups in total. The average Bonchev–Trinajstić information content (AvgIpc) is 2.30. The maximum absolute atomic E-state index is 5.54. The van der Waals surface area contributed by atoms with Crippen molar-refractivity contribution in [1.29, 1.82) is 0 Å². The monoisotopic (exact) mass is 232 g/mol. The molecule has 82 valence electrons. The van der Waals surface area contributed by atoms with Crippen LogP contribution >= 0.6 is 11.8 Å². The van der Waals surface area contributed by atoms with Crippen molar-refractivity contribution in [3.63, 3.8) is 0 Å². The Kier molecular flexibility index (Phi) is 3.26. The largest absolute Gasteiger partial charge is 0.382 e. The van der Waals surface area contributed by atoms with Gasteiger partial charge < -0.3 is 11.1 Å². The van der Waals surface area contributed by atoms with Crippen LogP contribution in [0.1, 0.15) is 0 Å². The van der Waals surface area contributed by atoms with Gasteiger partial charge >= 0.3 is 0 Å². The van der Waals surface area contributed by atoms with Crippen LogP contribution in [0.4, 0.5) is 17.3 Å². The summed E-state index contributed by atoms with van der Waals surface area (Å²) in [5.41, 5.74) is 6.51. The number of benzene rings is 1. The van der Waals surface area contributed by atoms with E-state index in [0.717, 1.165) is 5.69 Å². The fourth-order valence-corrected chi connectivity index (χ4v) is 1.67.